The fraction of sp³-hybridized carbons (Fsp3) is 0.667. The van der Waals surface area contributed by atoms with E-state index in [9.17, 15) is 17.6 Å². The van der Waals surface area contributed by atoms with Crippen LogP contribution in [0.4, 0.5) is 26.3 Å². The Bertz CT molecular complexity index is 1280. The van der Waals surface area contributed by atoms with Crippen molar-refractivity contribution in [2.45, 2.75) is 103 Å². The first kappa shape index (κ1) is 35.0. The van der Waals surface area contributed by atoms with Crippen LogP contribution >= 0.6 is 0 Å². The molecule has 4 nitrogen and oxygen atoms in total. The minimum absolute atomic E-state index is 0.0607. The summed E-state index contributed by atoms with van der Waals surface area (Å²) < 4.78 is 110. The maximum absolute atomic E-state index is 15.2. The molecule has 10 heteroatoms. The summed E-state index contributed by atoms with van der Waals surface area (Å²) in [7, 11) is 0. The zero-order valence-corrected chi connectivity index (χ0v) is 27.0. The largest absolute Gasteiger partial charge is 0.432 e. The van der Waals surface area contributed by atoms with Gasteiger partial charge >= 0.3 is 6.11 Å². The molecule has 3 saturated heterocycles. The third kappa shape index (κ3) is 7.39. The Morgan fingerprint density at radius 3 is 2.04 bits per heavy atom. The molecule has 0 amide bonds. The molecular formula is C36H46F6O4. The van der Waals surface area contributed by atoms with Gasteiger partial charge in [0.25, 0.3) is 5.97 Å². The summed E-state index contributed by atoms with van der Waals surface area (Å²) >= 11 is 0. The Morgan fingerprint density at radius 1 is 0.848 bits per heavy atom. The lowest BCUT2D eigenvalue weighted by molar-refractivity contribution is -0.492. The minimum Gasteiger partial charge on any atom is -0.432 e. The lowest BCUT2D eigenvalue weighted by Gasteiger charge is -2.57. The number of unbranched alkanes of at least 4 members (excludes halogenated alkanes) is 2. The summed E-state index contributed by atoms with van der Waals surface area (Å²) in [5, 5.41) is 0. The molecule has 2 atom stereocenters. The summed E-state index contributed by atoms with van der Waals surface area (Å²) in [6.07, 6.45) is 7.28. The van der Waals surface area contributed by atoms with Crippen molar-refractivity contribution >= 4 is 0 Å². The Morgan fingerprint density at radius 2 is 1.48 bits per heavy atom. The van der Waals surface area contributed by atoms with Gasteiger partial charge in [0, 0.05) is 23.0 Å². The van der Waals surface area contributed by atoms with E-state index >= 15 is 8.78 Å². The standard InChI is InChI=1S/C36H46F6O4/c1-4-6-7-8-24-10-13-27(14-11-24)34-20-43-36(44-21-34,45-22-34)26(5-2)12-9-23(3)35(41,42)46-28-15-16-29(30(37)19-28)25-17-31(38)33(40)32(39)18-25/h15-19,23-24,26-27H,4-14,20-22H2,1-3H3. The van der Waals surface area contributed by atoms with Crippen LogP contribution in [0.1, 0.15) is 91.4 Å². The summed E-state index contributed by atoms with van der Waals surface area (Å²) in [4.78, 5) is 0. The highest BCUT2D eigenvalue weighted by atomic mass is 19.3. The van der Waals surface area contributed by atoms with Gasteiger partial charge in [-0.15, -0.1) is 0 Å². The predicted octanol–water partition coefficient (Wildman–Crippen LogP) is 10.4. The number of rotatable bonds is 14. The van der Waals surface area contributed by atoms with Crippen LogP contribution in [-0.2, 0) is 14.2 Å². The van der Waals surface area contributed by atoms with Crippen molar-refractivity contribution in [2.75, 3.05) is 19.8 Å². The number of fused-ring (bicyclic) bond motifs is 3. The molecule has 2 aromatic rings. The molecule has 2 bridgehead atoms. The second kappa shape index (κ2) is 14.4. The number of alkyl halides is 2. The normalized spacial score (nSPS) is 27.8. The smallest absolute Gasteiger partial charge is 0.400 e. The first-order valence-electron chi connectivity index (χ1n) is 16.8. The second-order valence-electron chi connectivity index (χ2n) is 13.7. The van der Waals surface area contributed by atoms with Gasteiger partial charge in [0.1, 0.15) is 11.6 Å². The number of hydrogen-bond donors (Lipinski definition) is 0. The van der Waals surface area contributed by atoms with Crippen LogP contribution < -0.4 is 4.74 Å². The fourth-order valence-corrected chi connectivity index (χ4v) is 7.45. The van der Waals surface area contributed by atoms with Gasteiger partial charge in [-0.25, -0.2) is 17.6 Å². The molecule has 0 radical (unpaired) electrons. The van der Waals surface area contributed by atoms with Gasteiger partial charge in [-0.2, -0.15) is 8.78 Å². The highest BCUT2D eigenvalue weighted by molar-refractivity contribution is 5.65. The molecule has 46 heavy (non-hydrogen) atoms. The fourth-order valence-electron chi connectivity index (χ4n) is 7.45. The molecule has 256 valence electrons. The predicted molar refractivity (Wildman–Crippen MR) is 162 cm³/mol. The molecular weight excluding hydrogens is 610 g/mol. The van der Waals surface area contributed by atoms with Gasteiger partial charge in [-0.05, 0) is 73.8 Å². The summed E-state index contributed by atoms with van der Waals surface area (Å²) in [5.41, 5.74) is -0.720. The number of hydrogen-bond acceptors (Lipinski definition) is 4. The van der Waals surface area contributed by atoms with E-state index in [2.05, 4.69) is 6.92 Å². The average molecular weight is 657 g/mol. The highest BCUT2D eigenvalue weighted by Crippen LogP contribution is 2.52. The third-order valence-corrected chi connectivity index (χ3v) is 10.6. The molecule has 3 aliphatic heterocycles. The zero-order chi connectivity index (χ0) is 33.1. The van der Waals surface area contributed by atoms with Gasteiger partial charge in [-0.3, -0.25) is 0 Å². The number of benzene rings is 2. The molecule has 3 heterocycles. The van der Waals surface area contributed by atoms with Gasteiger partial charge in [0.05, 0.1) is 25.7 Å². The minimum atomic E-state index is -3.65. The van der Waals surface area contributed by atoms with Crippen LogP contribution in [0.15, 0.2) is 30.3 Å². The Balaban J connectivity index is 1.14. The van der Waals surface area contributed by atoms with Gasteiger partial charge < -0.3 is 18.9 Å². The van der Waals surface area contributed by atoms with Crippen molar-refractivity contribution in [1.82, 2.24) is 0 Å². The molecule has 1 saturated carbocycles. The van der Waals surface area contributed by atoms with E-state index in [0.29, 0.717) is 56.8 Å². The lowest BCUT2D eigenvalue weighted by atomic mass is 9.66. The van der Waals surface area contributed by atoms with Gasteiger partial charge in [-0.1, -0.05) is 59.3 Å². The molecule has 2 unspecified atom stereocenters. The maximum Gasteiger partial charge on any atom is 0.400 e. The lowest BCUT2D eigenvalue weighted by Crippen LogP contribution is -2.65. The molecule has 6 rings (SSSR count). The van der Waals surface area contributed by atoms with E-state index in [4.69, 9.17) is 18.9 Å². The van der Waals surface area contributed by atoms with Crippen molar-refractivity contribution in [3.05, 3.63) is 53.6 Å². The Kier molecular flexibility index (Phi) is 11.0. The SMILES string of the molecule is CCCCCC1CCC(C23COC(C(CC)CCC(C)C(F)(F)Oc4ccc(-c5cc(F)c(F)c(F)c5)c(F)c4)(OC2)OC3)CC1. The number of ether oxygens (including phenoxy) is 4. The molecule has 0 aromatic heterocycles. The van der Waals surface area contributed by atoms with E-state index in [1.54, 1.807) is 0 Å². The maximum atomic E-state index is 15.2. The van der Waals surface area contributed by atoms with E-state index in [1.807, 2.05) is 6.92 Å². The summed E-state index contributed by atoms with van der Waals surface area (Å²) in [5.74, 6) is -7.64. The van der Waals surface area contributed by atoms with Crippen molar-refractivity contribution in [1.29, 1.82) is 0 Å². The van der Waals surface area contributed by atoms with Crippen molar-refractivity contribution in [3.63, 3.8) is 0 Å². The molecule has 4 aliphatic rings. The van der Waals surface area contributed by atoms with Crippen LogP contribution in [0.3, 0.4) is 0 Å². The van der Waals surface area contributed by atoms with Crippen LogP contribution in [0.5, 0.6) is 5.75 Å². The van der Waals surface area contributed by atoms with Crippen LogP contribution in [0.2, 0.25) is 0 Å². The molecule has 4 fully saturated rings. The Labute approximate surface area is 268 Å². The summed E-state index contributed by atoms with van der Waals surface area (Å²) in [6.45, 7) is 7.17. The van der Waals surface area contributed by atoms with E-state index in [0.717, 1.165) is 30.9 Å². The van der Waals surface area contributed by atoms with Crippen LogP contribution in [-0.4, -0.2) is 31.9 Å². The molecule has 2 aromatic carbocycles. The van der Waals surface area contributed by atoms with Gasteiger partial charge in [0.15, 0.2) is 17.5 Å². The molecule has 1 aliphatic carbocycles. The monoisotopic (exact) mass is 656 g/mol. The summed E-state index contributed by atoms with van der Waals surface area (Å²) in [6, 6.07) is 4.12. The van der Waals surface area contributed by atoms with E-state index in [1.165, 1.54) is 45.4 Å². The van der Waals surface area contributed by atoms with E-state index in [-0.39, 0.29) is 28.9 Å². The first-order chi connectivity index (χ1) is 21.9. The second-order valence-corrected chi connectivity index (χ2v) is 13.7. The topological polar surface area (TPSA) is 36.9 Å². The average Bonchev–Trinajstić information content (AvgIpc) is 3.04. The van der Waals surface area contributed by atoms with Crippen molar-refractivity contribution in [2.24, 2.45) is 29.1 Å². The quantitative estimate of drug-likeness (QED) is 0.115. The highest BCUT2D eigenvalue weighted by Gasteiger charge is 2.58. The van der Waals surface area contributed by atoms with Gasteiger partial charge in [0.2, 0.25) is 0 Å². The molecule has 0 spiro atoms. The van der Waals surface area contributed by atoms with Crippen molar-refractivity contribution in [3.8, 4) is 16.9 Å². The number of halogens is 6. The first-order valence-corrected chi connectivity index (χ1v) is 16.8. The Hall–Kier alpha value is -2.30. The van der Waals surface area contributed by atoms with Crippen LogP contribution in [0.25, 0.3) is 11.1 Å². The third-order valence-electron chi connectivity index (χ3n) is 10.6. The van der Waals surface area contributed by atoms with Crippen LogP contribution in [0, 0.1) is 52.4 Å². The molecule has 0 N–H and O–H groups in total. The van der Waals surface area contributed by atoms with Crippen molar-refractivity contribution < 1.29 is 45.3 Å². The van der Waals surface area contributed by atoms with E-state index < -0.39 is 47.0 Å². The zero-order valence-electron chi connectivity index (χ0n) is 27.0.